The van der Waals surface area contributed by atoms with Gasteiger partial charge in [-0.3, -0.25) is 9.59 Å². The van der Waals surface area contributed by atoms with Crippen LogP contribution >= 0.6 is 0 Å². The van der Waals surface area contributed by atoms with Gasteiger partial charge in [0, 0.05) is 24.2 Å². The maximum Gasteiger partial charge on any atom is 0.305 e. The third-order valence-corrected chi connectivity index (χ3v) is 5.34. The van der Waals surface area contributed by atoms with Crippen molar-refractivity contribution in [1.82, 2.24) is 0 Å². The summed E-state index contributed by atoms with van der Waals surface area (Å²) >= 11 is 0. The average molecular weight is 517 g/mol. The Morgan fingerprint density at radius 2 is 1.14 bits per heavy atom. The van der Waals surface area contributed by atoms with Gasteiger partial charge in [-0.2, -0.15) is 0 Å². The summed E-state index contributed by atoms with van der Waals surface area (Å²) in [7, 11) is 0. The highest BCUT2D eigenvalue weighted by atomic mass is 16.7. The van der Waals surface area contributed by atoms with Crippen LogP contribution in [-0.2, 0) is 23.8 Å². The summed E-state index contributed by atoms with van der Waals surface area (Å²) in [5.74, 6) is 1.36. The molecule has 37 heavy (non-hydrogen) atoms. The molecule has 0 amide bonds. The molecule has 0 aromatic heterocycles. The number of unbranched alkanes of at least 4 members (excludes halogenated alkanes) is 4. The molecule has 204 valence electrons. The summed E-state index contributed by atoms with van der Waals surface area (Å²) in [6.45, 7) is 1.59. The van der Waals surface area contributed by atoms with E-state index in [2.05, 4.69) is 0 Å². The molecule has 2 rings (SSSR count). The average Bonchev–Trinajstić information content (AvgIpc) is 2.89. The first-order chi connectivity index (χ1) is 18.0. The minimum absolute atomic E-state index is 0.00721. The summed E-state index contributed by atoms with van der Waals surface area (Å²) in [5, 5.41) is 0. The standard InChI is InChI=1S/C28H40N2O7/c29-23-9-13-26(14-10-23)35-17-5-1-3-7-25(31)21-34-22-33-19-20-37-28(32)8-4-2-6-18-36-27-15-11-24(30)12-16-27/h9-16H,1-8,17-22,29-30H2. The SMILES string of the molecule is Nc1ccc(OCCCCCC(=O)COCOCCOC(=O)CCCCCOc2ccc(N)cc2)cc1. The van der Waals surface area contributed by atoms with E-state index in [-0.39, 0.29) is 38.4 Å². The number of rotatable bonds is 21. The summed E-state index contributed by atoms with van der Waals surface area (Å²) in [6.07, 6.45) is 5.87. The van der Waals surface area contributed by atoms with Crippen molar-refractivity contribution in [3.8, 4) is 11.5 Å². The summed E-state index contributed by atoms with van der Waals surface area (Å²) in [5.41, 5.74) is 12.7. The highest BCUT2D eigenvalue weighted by molar-refractivity contribution is 5.79. The van der Waals surface area contributed by atoms with Gasteiger partial charge < -0.3 is 35.2 Å². The number of benzene rings is 2. The van der Waals surface area contributed by atoms with E-state index in [4.69, 9.17) is 35.2 Å². The lowest BCUT2D eigenvalue weighted by Crippen LogP contribution is -2.14. The Balaban J connectivity index is 1.31. The summed E-state index contributed by atoms with van der Waals surface area (Å²) in [4.78, 5) is 23.6. The zero-order chi connectivity index (χ0) is 26.6. The minimum atomic E-state index is -0.252. The van der Waals surface area contributed by atoms with Crippen LogP contribution in [0.15, 0.2) is 48.5 Å². The second-order valence-corrected chi connectivity index (χ2v) is 8.59. The molecule has 2 aromatic carbocycles. The molecule has 4 N–H and O–H groups in total. The number of anilines is 2. The Morgan fingerprint density at radius 1 is 0.595 bits per heavy atom. The number of esters is 1. The van der Waals surface area contributed by atoms with Gasteiger partial charge in [-0.05, 0) is 87.1 Å². The molecule has 0 saturated heterocycles. The molecule has 0 heterocycles. The van der Waals surface area contributed by atoms with Gasteiger partial charge in [-0.25, -0.2) is 0 Å². The van der Waals surface area contributed by atoms with Crippen molar-refractivity contribution >= 4 is 23.1 Å². The van der Waals surface area contributed by atoms with Crippen LogP contribution in [0.25, 0.3) is 0 Å². The quantitative estimate of drug-likeness (QED) is 0.106. The molecule has 0 aliphatic carbocycles. The first-order valence-electron chi connectivity index (χ1n) is 12.8. The number of carbonyl (C=O) groups excluding carboxylic acids is 2. The maximum atomic E-state index is 11.9. The van der Waals surface area contributed by atoms with E-state index in [1.54, 1.807) is 24.3 Å². The van der Waals surface area contributed by atoms with Gasteiger partial charge in [0.05, 0.1) is 19.8 Å². The van der Waals surface area contributed by atoms with Crippen molar-refractivity contribution in [1.29, 1.82) is 0 Å². The molecule has 0 radical (unpaired) electrons. The van der Waals surface area contributed by atoms with Crippen molar-refractivity contribution < 1.29 is 33.3 Å². The molecule has 0 aliphatic heterocycles. The van der Waals surface area contributed by atoms with E-state index in [1.165, 1.54) is 0 Å². The van der Waals surface area contributed by atoms with E-state index in [0.717, 1.165) is 50.0 Å². The van der Waals surface area contributed by atoms with E-state index in [0.29, 0.717) is 37.4 Å². The van der Waals surface area contributed by atoms with E-state index < -0.39 is 0 Å². The molecule has 0 bridgehead atoms. The number of nitrogen functional groups attached to an aromatic ring is 2. The first-order valence-corrected chi connectivity index (χ1v) is 12.8. The van der Waals surface area contributed by atoms with Crippen molar-refractivity contribution in [2.24, 2.45) is 0 Å². The fraction of sp³-hybridized carbons (Fsp3) is 0.500. The molecular formula is C28H40N2O7. The molecule has 0 unspecified atom stereocenters. The second kappa shape index (κ2) is 18.9. The monoisotopic (exact) mass is 516 g/mol. The number of hydrogen-bond acceptors (Lipinski definition) is 9. The third kappa shape index (κ3) is 15.4. The molecule has 0 saturated carbocycles. The smallest absolute Gasteiger partial charge is 0.305 e. The predicted molar refractivity (Wildman–Crippen MR) is 142 cm³/mol. The zero-order valence-electron chi connectivity index (χ0n) is 21.5. The number of carbonyl (C=O) groups is 2. The molecular weight excluding hydrogens is 476 g/mol. The van der Waals surface area contributed by atoms with E-state index >= 15 is 0 Å². The Morgan fingerprint density at radius 3 is 1.70 bits per heavy atom. The number of nitrogens with two attached hydrogens (primary N) is 2. The van der Waals surface area contributed by atoms with E-state index in [9.17, 15) is 9.59 Å². The Hall–Kier alpha value is -3.30. The molecule has 0 atom stereocenters. The molecule has 9 heteroatoms. The Labute approximate surface area is 219 Å². The van der Waals surface area contributed by atoms with Crippen molar-refractivity contribution in [3.05, 3.63) is 48.5 Å². The second-order valence-electron chi connectivity index (χ2n) is 8.59. The lowest BCUT2D eigenvalue weighted by molar-refractivity contribution is -0.147. The Bertz CT molecular complexity index is 815. The molecule has 0 spiro atoms. The van der Waals surface area contributed by atoms with Gasteiger partial charge >= 0.3 is 5.97 Å². The summed E-state index contributed by atoms with van der Waals surface area (Å²) < 4.78 is 26.8. The highest BCUT2D eigenvalue weighted by Gasteiger charge is 2.05. The van der Waals surface area contributed by atoms with Crippen molar-refractivity contribution in [3.63, 3.8) is 0 Å². The number of ketones is 1. The van der Waals surface area contributed by atoms with Gasteiger partial charge in [0.25, 0.3) is 0 Å². The molecule has 0 aliphatic rings. The molecule has 0 fully saturated rings. The minimum Gasteiger partial charge on any atom is -0.494 e. The van der Waals surface area contributed by atoms with Crippen molar-refractivity contribution in [2.75, 3.05) is 51.3 Å². The van der Waals surface area contributed by atoms with Crippen LogP contribution < -0.4 is 20.9 Å². The van der Waals surface area contributed by atoms with Gasteiger partial charge in [0.15, 0.2) is 5.78 Å². The lowest BCUT2D eigenvalue weighted by atomic mass is 10.1. The van der Waals surface area contributed by atoms with Crippen LogP contribution in [0.5, 0.6) is 11.5 Å². The highest BCUT2D eigenvalue weighted by Crippen LogP contribution is 2.15. The van der Waals surface area contributed by atoms with E-state index in [1.807, 2.05) is 24.3 Å². The molecule has 2 aromatic rings. The number of ether oxygens (including phenoxy) is 5. The van der Waals surface area contributed by atoms with Crippen LogP contribution in [0.3, 0.4) is 0 Å². The third-order valence-electron chi connectivity index (χ3n) is 5.34. The zero-order valence-corrected chi connectivity index (χ0v) is 21.5. The van der Waals surface area contributed by atoms with Gasteiger partial charge in [-0.15, -0.1) is 0 Å². The predicted octanol–water partition coefficient (Wildman–Crippen LogP) is 4.53. The fourth-order valence-corrected chi connectivity index (χ4v) is 3.29. The summed E-state index contributed by atoms with van der Waals surface area (Å²) in [6, 6.07) is 14.5. The Kier molecular flexibility index (Phi) is 15.3. The number of hydrogen-bond donors (Lipinski definition) is 2. The van der Waals surface area contributed by atoms with Crippen molar-refractivity contribution in [2.45, 2.75) is 51.4 Å². The van der Waals surface area contributed by atoms with Crippen LogP contribution in [-0.4, -0.2) is 51.6 Å². The van der Waals surface area contributed by atoms with Crippen LogP contribution in [0.2, 0.25) is 0 Å². The van der Waals surface area contributed by atoms with Crippen LogP contribution in [0, 0.1) is 0 Å². The topological polar surface area (TPSA) is 132 Å². The fourth-order valence-electron chi connectivity index (χ4n) is 3.29. The maximum absolute atomic E-state index is 11.9. The van der Waals surface area contributed by atoms with Crippen LogP contribution in [0.1, 0.15) is 51.4 Å². The van der Waals surface area contributed by atoms with Crippen LogP contribution in [0.4, 0.5) is 11.4 Å². The first kappa shape index (κ1) is 29.9. The van der Waals surface area contributed by atoms with Gasteiger partial charge in [-0.1, -0.05) is 0 Å². The van der Waals surface area contributed by atoms with Gasteiger partial charge in [0.1, 0.15) is 31.5 Å². The number of Topliss-reactive ketones (excluding diaryl/α,β-unsaturated/α-hetero) is 1. The largest absolute Gasteiger partial charge is 0.494 e. The molecule has 9 nitrogen and oxygen atoms in total. The van der Waals surface area contributed by atoms with Gasteiger partial charge in [0.2, 0.25) is 0 Å². The normalized spacial score (nSPS) is 10.7. The lowest BCUT2D eigenvalue weighted by Gasteiger charge is -2.08.